The SMILES string of the molecule is CC1CN(c2ccnc3cc(C(C)(F)F)ccc23)CCC1C=O. The Bertz CT molecular complexity index is 727. The van der Waals surface area contributed by atoms with E-state index in [0.29, 0.717) is 5.52 Å². The molecule has 2 unspecified atom stereocenters. The minimum absolute atomic E-state index is 0.0253. The number of benzene rings is 1. The highest BCUT2D eigenvalue weighted by molar-refractivity contribution is 5.92. The number of nitrogens with zero attached hydrogens (tertiary/aromatic N) is 2. The first-order valence-electron chi connectivity index (χ1n) is 7.87. The first-order chi connectivity index (χ1) is 10.9. The highest BCUT2D eigenvalue weighted by Gasteiger charge is 2.28. The van der Waals surface area contributed by atoms with Crippen molar-refractivity contribution < 1.29 is 13.6 Å². The van der Waals surface area contributed by atoms with E-state index >= 15 is 0 Å². The minimum Gasteiger partial charge on any atom is -0.371 e. The standard InChI is InChI=1S/C18H20F2N2O/c1-12-10-22(8-6-13(12)11-23)17-5-7-21-16-9-14(18(2,19)20)3-4-15(16)17/h3-5,7,9,11-13H,6,8,10H2,1-2H3. The molecule has 0 amide bonds. The Morgan fingerprint density at radius 1 is 1.35 bits per heavy atom. The van der Waals surface area contributed by atoms with Gasteiger partial charge in [-0.15, -0.1) is 0 Å². The fourth-order valence-electron chi connectivity index (χ4n) is 3.27. The normalized spacial score (nSPS) is 22.3. The summed E-state index contributed by atoms with van der Waals surface area (Å²) < 4.78 is 27.0. The summed E-state index contributed by atoms with van der Waals surface area (Å²) in [5.74, 6) is -2.49. The second-order valence-corrected chi connectivity index (χ2v) is 6.46. The molecular weight excluding hydrogens is 298 g/mol. The van der Waals surface area contributed by atoms with Crippen molar-refractivity contribution in [2.24, 2.45) is 11.8 Å². The van der Waals surface area contributed by atoms with Gasteiger partial charge in [0.1, 0.15) is 6.29 Å². The monoisotopic (exact) mass is 318 g/mol. The summed E-state index contributed by atoms with van der Waals surface area (Å²) in [5.41, 5.74) is 1.55. The topological polar surface area (TPSA) is 33.2 Å². The Labute approximate surface area is 134 Å². The molecular formula is C18H20F2N2O. The Kier molecular flexibility index (Phi) is 4.04. The molecule has 0 saturated carbocycles. The maximum atomic E-state index is 13.5. The summed E-state index contributed by atoms with van der Waals surface area (Å²) in [7, 11) is 0. The second kappa shape index (κ2) is 5.87. The van der Waals surface area contributed by atoms with Crippen LogP contribution in [0.1, 0.15) is 25.8 Å². The van der Waals surface area contributed by atoms with Crippen molar-refractivity contribution in [1.29, 1.82) is 0 Å². The summed E-state index contributed by atoms with van der Waals surface area (Å²) in [6.07, 6.45) is 3.52. The van der Waals surface area contributed by atoms with Gasteiger partial charge in [0.25, 0.3) is 5.92 Å². The van der Waals surface area contributed by atoms with E-state index in [1.54, 1.807) is 12.3 Å². The molecule has 0 aliphatic carbocycles. The van der Waals surface area contributed by atoms with Crippen LogP contribution in [0.15, 0.2) is 30.5 Å². The van der Waals surface area contributed by atoms with E-state index in [1.165, 1.54) is 12.1 Å². The van der Waals surface area contributed by atoms with E-state index in [9.17, 15) is 13.6 Å². The van der Waals surface area contributed by atoms with E-state index in [1.807, 2.05) is 6.07 Å². The molecule has 2 atom stereocenters. The average Bonchev–Trinajstić information content (AvgIpc) is 2.53. The fourth-order valence-corrected chi connectivity index (χ4v) is 3.27. The number of hydrogen-bond donors (Lipinski definition) is 0. The van der Waals surface area contributed by atoms with Crippen molar-refractivity contribution in [3.05, 3.63) is 36.0 Å². The summed E-state index contributed by atoms with van der Waals surface area (Å²) in [5, 5.41) is 0.872. The molecule has 0 N–H and O–H groups in total. The van der Waals surface area contributed by atoms with Crippen molar-refractivity contribution in [3.8, 4) is 0 Å². The maximum absolute atomic E-state index is 13.5. The lowest BCUT2D eigenvalue weighted by Gasteiger charge is -2.36. The van der Waals surface area contributed by atoms with Crippen LogP contribution in [0.3, 0.4) is 0 Å². The molecule has 1 aromatic heterocycles. The number of fused-ring (bicyclic) bond motifs is 1. The van der Waals surface area contributed by atoms with Gasteiger partial charge in [0.2, 0.25) is 0 Å². The van der Waals surface area contributed by atoms with Crippen LogP contribution in [0.25, 0.3) is 10.9 Å². The number of hydrogen-bond acceptors (Lipinski definition) is 3. The van der Waals surface area contributed by atoms with Crippen LogP contribution < -0.4 is 4.90 Å². The number of alkyl halides is 2. The zero-order chi connectivity index (χ0) is 16.6. The highest BCUT2D eigenvalue weighted by atomic mass is 19.3. The average molecular weight is 318 g/mol. The molecule has 2 aromatic rings. The Morgan fingerprint density at radius 3 is 2.78 bits per heavy atom. The van der Waals surface area contributed by atoms with Gasteiger partial charge in [-0.05, 0) is 24.5 Å². The number of anilines is 1. The number of aromatic nitrogens is 1. The number of pyridine rings is 1. The Morgan fingerprint density at radius 2 is 2.13 bits per heavy atom. The zero-order valence-corrected chi connectivity index (χ0v) is 13.3. The van der Waals surface area contributed by atoms with Crippen molar-refractivity contribution in [2.45, 2.75) is 26.2 Å². The first-order valence-corrected chi connectivity index (χ1v) is 7.87. The van der Waals surface area contributed by atoms with E-state index in [2.05, 4.69) is 16.8 Å². The minimum atomic E-state index is -2.87. The van der Waals surface area contributed by atoms with Crippen LogP contribution in [0.2, 0.25) is 0 Å². The van der Waals surface area contributed by atoms with Crippen molar-refractivity contribution in [3.63, 3.8) is 0 Å². The van der Waals surface area contributed by atoms with Gasteiger partial charge in [0, 0.05) is 48.8 Å². The lowest BCUT2D eigenvalue weighted by molar-refractivity contribution is -0.112. The predicted octanol–water partition coefficient (Wildman–Crippen LogP) is 4.01. The summed E-state index contributed by atoms with van der Waals surface area (Å²) in [6, 6.07) is 6.57. The van der Waals surface area contributed by atoms with Crippen molar-refractivity contribution in [1.82, 2.24) is 4.98 Å². The van der Waals surface area contributed by atoms with Crippen LogP contribution in [0.5, 0.6) is 0 Å². The van der Waals surface area contributed by atoms with E-state index in [-0.39, 0.29) is 17.4 Å². The van der Waals surface area contributed by atoms with Gasteiger partial charge in [0.05, 0.1) is 5.52 Å². The van der Waals surface area contributed by atoms with E-state index in [4.69, 9.17) is 0 Å². The highest BCUT2D eigenvalue weighted by Crippen LogP contribution is 2.34. The predicted molar refractivity (Wildman–Crippen MR) is 86.9 cm³/mol. The maximum Gasteiger partial charge on any atom is 0.270 e. The molecule has 2 heterocycles. The van der Waals surface area contributed by atoms with Crippen molar-refractivity contribution in [2.75, 3.05) is 18.0 Å². The number of carbonyl (C=O) groups is 1. The van der Waals surface area contributed by atoms with Gasteiger partial charge in [-0.3, -0.25) is 4.98 Å². The molecule has 122 valence electrons. The van der Waals surface area contributed by atoms with E-state index in [0.717, 1.165) is 43.8 Å². The van der Waals surface area contributed by atoms with Gasteiger partial charge < -0.3 is 9.69 Å². The van der Waals surface area contributed by atoms with Gasteiger partial charge in [-0.25, -0.2) is 8.78 Å². The van der Waals surface area contributed by atoms with Crippen LogP contribution in [-0.4, -0.2) is 24.4 Å². The third kappa shape index (κ3) is 3.05. The number of rotatable bonds is 3. The third-order valence-corrected chi connectivity index (χ3v) is 4.71. The first kappa shape index (κ1) is 15.8. The molecule has 0 bridgehead atoms. The largest absolute Gasteiger partial charge is 0.371 e. The number of halogens is 2. The molecule has 1 aromatic carbocycles. The van der Waals surface area contributed by atoms with Gasteiger partial charge in [0.15, 0.2) is 0 Å². The molecule has 0 radical (unpaired) electrons. The smallest absolute Gasteiger partial charge is 0.270 e. The summed E-state index contributed by atoms with van der Waals surface area (Å²) in [4.78, 5) is 17.5. The summed E-state index contributed by atoms with van der Waals surface area (Å²) in [6.45, 7) is 4.54. The number of carbonyl (C=O) groups excluding carboxylic acids is 1. The number of piperidine rings is 1. The van der Waals surface area contributed by atoms with Crippen LogP contribution in [0, 0.1) is 11.8 Å². The van der Waals surface area contributed by atoms with Gasteiger partial charge >= 0.3 is 0 Å². The van der Waals surface area contributed by atoms with Gasteiger partial charge in [-0.1, -0.05) is 19.1 Å². The third-order valence-electron chi connectivity index (χ3n) is 4.71. The molecule has 1 fully saturated rings. The molecule has 3 rings (SSSR count). The number of aldehydes is 1. The lowest BCUT2D eigenvalue weighted by atomic mass is 9.88. The molecule has 1 aliphatic rings. The fraction of sp³-hybridized carbons (Fsp3) is 0.444. The molecule has 1 saturated heterocycles. The molecule has 1 aliphatic heterocycles. The molecule has 3 nitrogen and oxygen atoms in total. The van der Waals surface area contributed by atoms with Crippen LogP contribution in [0.4, 0.5) is 14.5 Å². The Balaban J connectivity index is 1.97. The second-order valence-electron chi connectivity index (χ2n) is 6.46. The molecule has 5 heteroatoms. The summed E-state index contributed by atoms with van der Waals surface area (Å²) >= 11 is 0. The lowest BCUT2D eigenvalue weighted by Crippen LogP contribution is -2.40. The molecule has 23 heavy (non-hydrogen) atoms. The zero-order valence-electron chi connectivity index (χ0n) is 13.3. The van der Waals surface area contributed by atoms with Gasteiger partial charge in [-0.2, -0.15) is 0 Å². The van der Waals surface area contributed by atoms with Crippen LogP contribution in [-0.2, 0) is 10.7 Å². The van der Waals surface area contributed by atoms with E-state index < -0.39 is 5.92 Å². The quantitative estimate of drug-likeness (QED) is 0.802. The van der Waals surface area contributed by atoms with Crippen LogP contribution >= 0.6 is 0 Å². The van der Waals surface area contributed by atoms with Crippen molar-refractivity contribution >= 4 is 22.9 Å². The molecule has 0 spiro atoms. The Hall–Kier alpha value is -2.04.